The number of alkyl halides is 4. The van der Waals surface area contributed by atoms with Crippen LogP contribution in [0.25, 0.3) is 21.8 Å². The molecule has 14 nitrogen and oxygen atoms in total. The normalized spacial score (nSPS) is 23.8. The zero-order chi connectivity index (χ0) is 45.7. The molecule has 3 atom stereocenters. The number of nitrogens with zero attached hydrogens (tertiary/aromatic N) is 7. The highest BCUT2D eigenvalue weighted by Gasteiger charge is 2.51. The van der Waals surface area contributed by atoms with E-state index in [0.29, 0.717) is 55.4 Å². The van der Waals surface area contributed by atoms with E-state index < -0.39 is 77.8 Å². The topological polar surface area (TPSA) is 152 Å². The first-order valence-corrected chi connectivity index (χ1v) is 22.1. The van der Waals surface area contributed by atoms with Gasteiger partial charge in [0, 0.05) is 61.5 Å². The van der Waals surface area contributed by atoms with Crippen molar-refractivity contribution in [2.75, 3.05) is 54.9 Å². The van der Waals surface area contributed by atoms with Gasteiger partial charge in [-0.25, -0.2) is 31.3 Å². The summed E-state index contributed by atoms with van der Waals surface area (Å²) in [4.78, 5) is 49.6. The monoisotopic (exact) mass is 926 g/mol. The highest BCUT2D eigenvalue weighted by atomic mass is 35.5. The lowest BCUT2D eigenvalue weighted by Gasteiger charge is -2.41. The third kappa shape index (κ3) is 7.78. The van der Waals surface area contributed by atoms with Crippen LogP contribution in [0, 0.1) is 23.5 Å². The average Bonchev–Trinajstić information content (AvgIpc) is 4.06. The molecule has 4 fully saturated rings. The number of amides is 2. The summed E-state index contributed by atoms with van der Waals surface area (Å²) < 4.78 is 102. The molecule has 344 valence electrons. The first kappa shape index (κ1) is 43.3. The number of carbonyl (C=O) groups excluding carboxylic acids is 2. The standard InChI is InChI=1S/C44H45ClF6N10O4/c1-58-30-7-5-24(15-26(30)35-37(41(58)64)65-20-44(50,51)38(55-35)22-3-4-22)53-39-28(45)17-52-42(56-39)61-14-11-23(43(48,49)19-61)18-60-12-9-21(10-13-60)32-29(46)16-27-34(57-59(2)36(27)33(32)47)25-6-8-31(62)54-40(25)63/h5,7,15-17,21-23,25,38,55H,3-4,6,8-14,18-20H2,1-2H3,(H,52,53,56)(H,54,62,63). The number of likely N-dealkylation sites (tertiary alicyclic amines) is 1. The fourth-order valence-corrected chi connectivity index (χ4v) is 10.2. The fraction of sp³-hybridized carbons (Fsp3) is 0.500. The quantitative estimate of drug-likeness (QED) is 0.109. The van der Waals surface area contributed by atoms with E-state index in [0.717, 1.165) is 0 Å². The molecule has 0 bridgehead atoms. The number of piperidine rings is 3. The first-order valence-electron chi connectivity index (χ1n) is 21.7. The van der Waals surface area contributed by atoms with E-state index in [2.05, 4.69) is 31.0 Å². The maximum absolute atomic E-state index is 16.2. The van der Waals surface area contributed by atoms with Crippen molar-refractivity contribution >= 4 is 68.4 Å². The molecule has 2 amide bonds. The van der Waals surface area contributed by atoms with Crippen LogP contribution in [0.1, 0.15) is 68.0 Å². The van der Waals surface area contributed by atoms with Crippen molar-refractivity contribution in [1.82, 2.24) is 34.5 Å². The highest BCUT2D eigenvalue weighted by molar-refractivity contribution is 6.33. The molecule has 1 saturated carbocycles. The molecule has 7 heterocycles. The molecule has 5 aliphatic rings. The number of nitrogens with one attached hydrogen (secondary N) is 3. The summed E-state index contributed by atoms with van der Waals surface area (Å²) >= 11 is 6.52. The molecule has 0 spiro atoms. The lowest BCUT2D eigenvalue weighted by molar-refractivity contribution is -0.134. The third-order valence-electron chi connectivity index (χ3n) is 13.8. The number of fused-ring (bicyclic) bond motifs is 4. The van der Waals surface area contributed by atoms with Crippen LogP contribution in [0.5, 0.6) is 5.75 Å². The maximum Gasteiger partial charge on any atom is 0.301 e. The molecule has 2 aromatic carbocycles. The number of benzene rings is 2. The van der Waals surface area contributed by atoms with Crippen LogP contribution in [-0.2, 0) is 23.7 Å². The van der Waals surface area contributed by atoms with E-state index in [-0.39, 0.29) is 88.7 Å². The van der Waals surface area contributed by atoms with Gasteiger partial charge in [-0.3, -0.25) is 24.4 Å². The van der Waals surface area contributed by atoms with Gasteiger partial charge in [-0.1, -0.05) is 11.6 Å². The second-order valence-electron chi connectivity index (χ2n) is 18.0. The Kier molecular flexibility index (Phi) is 10.7. The van der Waals surface area contributed by atoms with E-state index in [4.69, 9.17) is 16.3 Å². The molecule has 65 heavy (non-hydrogen) atoms. The van der Waals surface area contributed by atoms with Gasteiger partial charge in [0.1, 0.15) is 16.4 Å². The van der Waals surface area contributed by atoms with E-state index in [1.165, 1.54) is 40.5 Å². The molecule has 0 radical (unpaired) electrons. The van der Waals surface area contributed by atoms with E-state index in [9.17, 15) is 14.4 Å². The van der Waals surface area contributed by atoms with Gasteiger partial charge in [-0.2, -0.15) is 10.1 Å². The Balaban J connectivity index is 0.805. The minimum atomic E-state index is -3.21. The van der Waals surface area contributed by atoms with Gasteiger partial charge in [-0.15, -0.1) is 0 Å². The molecule has 4 aliphatic heterocycles. The van der Waals surface area contributed by atoms with Crippen LogP contribution in [0.3, 0.4) is 0 Å². The van der Waals surface area contributed by atoms with Crippen molar-refractivity contribution in [3.05, 3.63) is 68.7 Å². The summed E-state index contributed by atoms with van der Waals surface area (Å²) in [7, 11) is 3.04. The summed E-state index contributed by atoms with van der Waals surface area (Å²) in [5, 5.41) is 13.4. The van der Waals surface area contributed by atoms with Crippen molar-refractivity contribution in [1.29, 1.82) is 0 Å². The first-order chi connectivity index (χ1) is 31.0. The Morgan fingerprint density at radius 3 is 2.45 bits per heavy atom. The molecule has 3 saturated heterocycles. The predicted octanol–water partition coefficient (Wildman–Crippen LogP) is 6.97. The van der Waals surface area contributed by atoms with Gasteiger partial charge < -0.3 is 29.7 Å². The summed E-state index contributed by atoms with van der Waals surface area (Å²) in [5.74, 6) is -11.5. The van der Waals surface area contributed by atoms with Crippen molar-refractivity contribution in [2.24, 2.45) is 25.9 Å². The van der Waals surface area contributed by atoms with Crippen LogP contribution in [0.15, 0.2) is 35.3 Å². The van der Waals surface area contributed by atoms with Gasteiger partial charge in [0.15, 0.2) is 18.2 Å². The summed E-state index contributed by atoms with van der Waals surface area (Å²) in [5.41, 5.74) is 0.681. The Bertz CT molecular complexity index is 2830. The Hall–Kier alpha value is -5.63. The molecule has 21 heteroatoms. The number of carbonyl (C=O) groups is 2. The van der Waals surface area contributed by atoms with Gasteiger partial charge in [0.2, 0.25) is 23.5 Å². The Morgan fingerprint density at radius 1 is 0.954 bits per heavy atom. The number of halogens is 7. The maximum atomic E-state index is 16.2. The van der Waals surface area contributed by atoms with E-state index in [1.54, 1.807) is 18.2 Å². The van der Waals surface area contributed by atoms with Crippen molar-refractivity contribution < 1.29 is 40.7 Å². The lowest BCUT2D eigenvalue weighted by atomic mass is 9.86. The molecular formula is C44H45ClF6N10O4. The number of pyridine rings is 1. The number of hydrogen-bond donors (Lipinski definition) is 3. The van der Waals surface area contributed by atoms with Crippen LogP contribution in [-0.4, -0.2) is 98.2 Å². The van der Waals surface area contributed by atoms with E-state index >= 15 is 26.3 Å². The smallest absolute Gasteiger partial charge is 0.301 e. The minimum absolute atomic E-state index is 0.0242. The molecule has 1 aliphatic carbocycles. The third-order valence-corrected chi connectivity index (χ3v) is 14.0. The molecule has 5 aromatic rings. The second kappa shape index (κ2) is 16.1. The number of aryl methyl sites for hydroxylation is 2. The Labute approximate surface area is 372 Å². The predicted molar refractivity (Wildman–Crippen MR) is 230 cm³/mol. The van der Waals surface area contributed by atoms with Crippen LogP contribution in [0.2, 0.25) is 5.02 Å². The van der Waals surface area contributed by atoms with Crippen molar-refractivity contribution in [2.45, 2.75) is 74.7 Å². The molecule has 10 rings (SSSR count). The summed E-state index contributed by atoms with van der Waals surface area (Å²) in [6, 6.07) is 4.96. The molecule has 3 aromatic heterocycles. The second-order valence-corrected chi connectivity index (χ2v) is 18.4. The zero-order valence-electron chi connectivity index (χ0n) is 35.4. The highest BCUT2D eigenvalue weighted by Crippen LogP contribution is 2.46. The summed E-state index contributed by atoms with van der Waals surface area (Å²) in [6.45, 7) is -0.592. The minimum Gasteiger partial charge on any atom is -0.480 e. The molecule has 3 unspecified atom stereocenters. The van der Waals surface area contributed by atoms with Crippen molar-refractivity contribution in [3.8, 4) is 5.75 Å². The van der Waals surface area contributed by atoms with Crippen LogP contribution in [0.4, 0.5) is 49.5 Å². The van der Waals surface area contributed by atoms with Gasteiger partial charge in [0.05, 0.1) is 41.6 Å². The number of rotatable bonds is 8. The van der Waals surface area contributed by atoms with Gasteiger partial charge in [0.25, 0.3) is 11.5 Å². The molecular weight excluding hydrogens is 882 g/mol. The number of anilines is 4. The summed E-state index contributed by atoms with van der Waals surface area (Å²) in [6.07, 6.45) is 3.64. The number of ether oxygens (including phenoxy) is 1. The number of imide groups is 1. The van der Waals surface area contributed by atoms with Crippen LogP contribution < -0.4 is 31.1 Å². The van der Waals surface area contributed by atoms with Gasteiger partial charge >= 0.3 is 5.92 Å². The number of aromatic nitrogens is 5. The SMILES string of the molecule is Cn1nc(C2CCC(=O)NC2=O)c2cc(F)c(C3CCN(CC4CCN(c5ncc(Cl)c(Nc6ccc7c(c6)c6c(c(=O)n7C)OCC(F)(F)C(C7CC7)N6)n5)CC4(F)F)CC3)c(F)c21. The zero-order valence-corrected chi connectivity index (χ0v) is 36.1. The van der Waals surface area contributed by atoms with Gasteiger partial charge in [-0.05, 0) is 87.7 Å². The average molecular weight is 927 g/mol. The fourth-order valence-electron chi connectivity index (χ4n) is 10.1. The molecule has 3 N–H and O–H groups in total. The Morgan fingerprint density at radius 2 is 1.72 bits per heavy atom. The van der Waals surface area contributed by atoms with Crippen LogP contribution >= 0.6 is 11.6 Å². The lowest BCUT2D eigenvalue weighted by Crippen LogP contribution is -2.53. The van der Waals surface area contributed by atoms with Crippen molar-refractivity contribution in [3.63, 3.8) is 0 Å². The van der Waals surface area contributed by atoms with E-state index in [1.807, 2.05) is 4.90 Å². The number of hydrogen-bond acceptors (Lipinski definition) is 11. The largest absolute Gasteiger partial charge is 0.480 e.